The molecule has 4 nitrogen and oxygen atoms in total. The van der Waals surface area contributed by atoms with Crippen molar-refractivity contribution in [2.24, 2.45) is 0 Å². The molecule has 22 heavy (non-hydrogen) atoms. The lowest BCUT2D eigenvalue weighted by molar-refractivity contribution is -0.144. The standard InChI is InChI=1S/C18H29NO3/c1-2-3-4-5-6-7-8-13-18(20)22-15-14-21-17-12-10-9-11-16(17)19/h9-12H,2-8,13-15,19H2,1H3. The first-order valence-corrected chi connectivity index (χ1v) is 8.37. The summed E-state index contributed by atoms with van der Waals surface area (Å²) in [5, 5.41) is 0. The Labute approximate surface area is 134 Å². The molecule has 0 fully saturated rings. The highest BCUT2D eigenvalue weighted by molar-refractivity contribution is 5.69. The van der Waals surface area contributed by atoms with Crippen molar-refractivity contribution in [1.82, 2.24) is 0 Å². The quantitative estimate of drug-likeness (QED) is 0.354. The number of para-hydroxylation sites is 2. The third-order valence-corrected chi connectivity index (χ3v) is 3.51. The zero-order valence-electron chi connectivity index (χ0n) is 13.7. The van der Waals surface area contributed by atoms with E-state index in [0.717, 1.165) is 12.8 Å². The van der Waals surface area contributed by atoms with Gasteiger partial charge in [0.1, 0.15) is 19.0 Å². The summed E-state index contributed by atoms with van der Waals surface area (Å²) < 4.78 is 10.6. The van der Waals surface area contributed by atoms with E-state index in [0.29, 0.717) is 24.5 Å². The van der Waals surface area contributed by atoms with Gasteiger partial charge in [-0.2, -0.15) is 0 Å². The lowest BCUT2D eigenvalue weighted by atomic mass is 10.1. The van der Waals surface area contributed by atoms with Crippen LogP contribution in [0.2, 0.25) is 0 Å². The number of benzene rings is 1. The van der Waals surface area contributed by atoms with Crippen LogP contribution in [0.5, 0.6) is 5.75 Å². The second-order valence-electron chi connectivity index (χ2n) is 5.48. The molecule has 0 saturated heterocycles. The van der Waals surface area contributed by atoms with Crippen LogP contribution in [0.15, 0.2) is 24.3 Å². The molecule has 0 amide bonds. The van der Waals surface area contributed by atoms with Crippen molar-refractivity contribution >= 4 is 11.7 Å². The molecule has 0 aliphatic rings. The minimum absolute atomic E-state index is 0.141. The van der Waals surface area contributed by atoms with E-state index in [2.05, 4.69) is 6.92 Å². The van der Waals surface area contributed by atoms with Crippen LogP contribution in [-0.4, -0.2) is 19.2 Å². The van der Waals surface area contributed by atoms with Crippen LogP contribution in [-0.2, 0) is 9.53 Å². The number of hydrogen-bond donors (Lipinski definition) is 1. The molecule has 0 saturated carbocycles. The van der Waals surface area contributed by atoms with Gasteiger partial charge in [-0.1, -0.05) is 57.6 Å². The summed E-state index contributed by atoms with van der Waals surface area (Å²) in [7, 11) is 0. The Balaban J connectivity index is 1.96. The van der Waals surface area contributed by atoms with Gasteiger partial charge in [0, 0.05) is 6.42 Å². The number of nitrogen functional groups attached to an aromatic ring is 1. The van der Waals surface area contributed by atoms with Gasteiger partial charge >= 0.3 is 5.97 Å². The number of carbonyl (C=O) groups excluding carboxylic acids is 1. The molecule has 0 heterocycles. The van der Waals surface area contributed by atoms with Crippen molar-refractivity contribution in [1.29, 1.82) is 0 Å². The number of carbonyl (C=O) groups is 1. The highest BCUT2D eigenvalue weighted by Gasteiger charge is 2.03. The Hall–Kier alpha value is -1.71. The van der Waals surface area contributed by atoms with Gasteiger partial charge in [0.05, 0.1) is 5.69 Å². The van der Waals surface area contributed by atoms with Crippen LogP contribution in [0, 0.1) is 0 Å². The molecular weight excluding hydrogens is 278 g/mol. The van der Waals surface area contributed by atoms with E-state index in [9.17, 15) is 4.79 Å². The fraction of sp³-hybridized carbons (Fsp3) is 0.611. The normalized spacial score (nSPS) is 10.4. The van der Waals surface area contributed by atoms with Gasteiger partial charge in [-0.15, -0.1) is 0 Å². The van der Waals surface area contributed by atoms with Crippen LogP contribution in [0.3, 0.4) is 0 Å². The molecule has 0 radical (unpaired) electrons. The summed E-state index contributed by atoms with van der Waals surface area (Å²) in [5.74, 6) is 0.490. The SMILES string of the molecule is CCCCCCCCCC(=O)OCCOc1ccccc1N. The van der Waals surface area contributed by atoms with Crippen molar-refractivity contribution < 1.29 is 14.3 Å². The predicted octanol–water partition coefficient (Wildman–Crippen LogP) is 4.33. The fourth-order valence-corrected chi connectivity index (χ4v) is 2.22. The minimum Gasteiger partial charge on any atom is -0.488 e. The molecule has 1 aromatic carbocycles. The molecule has 1 rings (SSSR count). The zero-order valence-corrected chi connectivity index (χ0v) is 13.7. The summed E-state index contributed by atoms with van der Waals surface area (Å²) in [6, 6.07) is 7.29. The van der Waals surface area contributed by atoms with E-state index in [-0.39, 0.29) is 12.6 Å². The summed E-state index contributed by atoms with van der Waals surface area (Å²) in [5.41, 5.74) is 6.35. The number of esters is 1. The fourth-order valence-electron chi connectivity index (χ4n) is 2.22. The average Bonchev–Trinajstić information content (AvgIpc) is 2.52. The summed E-state index contributed by atoms with van der Waals surface area (Å²) in [6.45, 7) is 2.81. The highest BCUT2D eigenvalue weighted by atomic mass is 16.6. The number of nitrogens with two attached hydrogens (primary N) is 1. The third kappa shape index (κ3) is 8.55. The number of anilines is 1. The average molecular weight is 307 g/mol. The van der Waals surface area contributed by atoms with E-state index >= 15 is 0 Å². The van der Waals surface area contributed by atoms with Gasteiger partial charge < -0.3 is 15.2 Å². The molecule has 0 spiro atoms. The van der Waals surface area contributed by atoms with Crippen LogP contribution < -0.4 is 10.5 Å². The number of rotatable bonds is 12. The molecule has 0 aromatic heterocycles. The van der Waals surface area contributed by atoms with Gasteiger partial charge in [-0.3, -0.25) is 4.79 Å². The van der Waals surface area contributed by atoms with E-state index < -0.39 is 0 Å². The van der Waals surface area contributed by atoms with Crippen molar-refractivity contribution in [3.05, 3.63) is 24.3 Å². The third-order valence-electron chi connectivity index (χ3n) is 3.51. The maximum absolute atomic E-state index is 11.6. The second kappa shape index (κ2) is 11.9. The predicted molar refractivity (Wildman–Crippen MR) is 89.9 cm³/mol. The molecule has 0 aliphatic heterocycles. The number of unbranched alkanes of at least 4 members (excludes halogenated alkanes) is 6. The Morgan fingerprint density at radius 1 is 1.00 bits per heavy atom. The molecular formula is C18H29NO3. The van der Waals surface area contributed by atoms with Gasteiger partial charge in [-0.25, -0.2) is 0 Å². The van der Waals surface area contributed by atoms with Crippen LogP contribution in [0.25, 0.3) is 0 Å². The minimum atomic E-state index is -0.141. The van der Waals surface area contributed by atoms with E-state index in [1.165, 1.54) is 32.1 Å². The first-order chi connectivity index (χ1) is 10.7. The van der Waals surface area contributed by atoms with Crippen molar-refractivity contribution in [2.75, 3.05) is 18.9 Å². The van der Waals surface area contributed by atoms with Crippen molar-refractivity contribution in [2.45, 2.75) is 58.3 Å². The largest absolute Gasteiger partial charge is 0.488 e. The van der Waals surface area contributed by atoms with Gasteiger partial charge in [0.2, 0.25) is 0 Å². The Bertz CT molecular complexity index is 421. The van der Waals surface area contributed by atoms with Gasteiger partial charge in [0.25, 0.3) is 0 Å². The first-order valence-electron chi connectivity index (χ1n) is 8.37. The van der Waals surface area contributed by atoms with Crippen LogP contribution >= 0.6 is 0 Å². The topological polar surface area (TPSA) is 61.5 Å². The molecule has 1 aromatic rings. The Morgan fingerprint density at radius 3 is 2.41 bits per heavy atom. The molecule has 4 heteroatoms. The smallest absolute Gasteiger partial charge is 0.305 e. The second-order valence-corrected chi connectivity index (χ2v) is 5.48. The maximum atomic E-state index is 11.6. The lowest BCUT2D eigenvalue weighted by Crippen LogP contribution is -2.12. The number of ether oxygens (including phenoxy) is 2. The molecule has 0 bridgehead atoms. The van der Waals surface area contributed by atoms with Crippen molar-refractivity contribution in [3.8, 4) is 5.75 Å². The van der Waals surface area contributed by atoms with Crippen LogP contribution in [0.4, 0.5) is 5.69 Å². The van der Waals surface area contributed by atoms with E-state index in [4.69, 9.17) is 15.2 Å². The molecule has 2 N–H and O–H groups in total. The lowest BCUT2D eigenvalue weighted by Gasteiger charge is -2.09. The van der Waals surface area contributed by atoms with Gasteiger partial charge in [0.15, 0.2) is 0 Å². The summed E-state index contributed by atoms with van der Waals surface area (Å²) in [6.07, 6.45) is 8.89. The summed E-state index contributed by atoms with van der Waals surface area (Å²) >= 11 is 0. The Kier molecular flexibility index (Phi) is 9.92. The van der Waals surface area contributed by atoms with Crippen molar-refractivity contribution in [3.63, 3.8) is 0 Å². The molecule has 0 aliphatic carbocycles. The van der Waals surface area contributed by atoms with Gasteiger partial charge in [-0.05, 0) is 18.6 Å². The number of hydrogen-bond acceptors (Lipinski definition) is 4. The first kappa shape index (κ1) is 18.3. The zero-order chi connectivity index (χ0) is 16.0. The Morgan fingerprint density at radius 2 is 1.68 bits per heavy atom. The maximum Gasteiger partial charge on any atom is 0.305 e. The van der Waals surface area contributed by atoms with E-state index in [1.54, 1.807) is 12.1 Å². The molecule has 0 unspecified atom stereocenters. The van der Waals surface area contributed by atoms with E-state index in [1.807, 2.05) is 12.1 Å². The molecule has 124 valence electrons. The molecule has 0 atom stereocenters. The summed E-state index contributed by atoms with van der Waals surface area (Å²) in [4.78, 5) is 11.6. The van der Waals surface area contributed by atoms with Crippen LogP contribution in [0.1, 0.15) is 58.3 Å². The monoisotopic (exact) mass is 307 g/mol. The highest BCUT2D eigenvalue weighted by Crippen LogP contribution is 2.19.